The highest BCUT2D eigenvalue weighted by Gasteiger charge is 2.16. The molecular weight excluding hydrogens is 298 g/mol. The number of fused-ring (bicyclic) bond motifs is 3. The second-order valence-electron chi connectivity index (χ2n) is 4.94. The molecule has 0 amide bonds. The van der Waals surface area contributed by atoms with Gasteiger partial charge in [0.25, 0.3) is 0 Å². The number of benzene rings is 2. The van der Waals surface area contributed by atoms with Crippen molar-refractivity contribution in [3.05, 3.63) is 59.8 Å². The smallest absolute Gasteiger partial charge is 0.133 e. The minimum absolute atomic E-state index is 0.514. The van der Waals surface area contributed by atoms with Gasteiger partial charge in [0.2, 0.25) is 0 Å². The van der Waals surface area contributed by atoms with Crippen LogP contribution in [-0.2, 0) is 0 Å². The molecular formula is C17H12ClN3O. The van der Waals surface area contributed by atoms with Gasteiger partial charge in [0.05, 0.1) is 24.0 Å². The van der Waals surface area contributed by atoms with Gasteiger partial charge in [-0.25, -0.2) is 9.67 Å². The Bertz CT molecular complexity index is 931. The third kappa shape index (κ3) is 2.00. The summed E-state index contributed by atoms with van der Waals surface area (Å²) >= 11 is 6.37. The Balaban J connectivity index is 1.95. The van der Waals surface area contributed by atoms with Gasteiger partial charge >= 0.3 is 0 Å². The molecule has 2 aromatic rings. The first-order valence-electron chi connectivity index (χ1n) is 6.85. The first-order valence-corrected chi connectivity index (χ1v) is 7.22. The summed E-state index contributed by atoms with van der Waals surface area (Å²) in [5.41, 5.74) is 3.44. The Hall–Kier alpha value is -2.59. The molecule has 2 heterocycles. The minimum Gasteiger partial charge on any atom is -0.497 e. The fourth-order valence-corrected chi connectivity index (χ4v) is 2.76. The van der Waals surface area contributed by atoms with E-state index < -0.39 is 0 Å². The van der Waals surface area contributed by atoms with Crippen molar-refractivity contribution >= 4 is 22.5 Å². The summed E-state index contributed by atoms with van der Waals surface area (Å²) in [6.07, 6.45) is 0. The van der Waals surface area contributed by atoms with Crippen LogP contribution in [0.15, 0.2) is 54.6 Å². The zero-order valence-electron chi connectivity index (χ0n) is 11.8. The Morgan fingerprint density at radius 1 is 1.05 bits per heavy atom. The molecule has 0 atom stereocenters. The number of aromatic nitrogens is 3. The van der Waals surface area contributed by atoms with Crippen molar-refractivity contribution in [2.45, 2.75) is 0 Å². The summed E-state index contributed by atoms with van der Waals surface area (Å²) in [6.45, 7) is 0. The summed E-state index contributed by atoms with van der Waals surface area (Å²) in [5.74, 6) is 0.793. The van der Waals surface area contributed by atoms with Crippen LogP contribution in [0.4, 0.5) is 0 Å². The first-order chi connectivity index (χ1) is 10.8. The Kier molecular flexibility index (Phi) is 2.98. The van der Waals surface area contributed by atoms with Gasteiger partial charge in [-0.15, -0.1) is 0 Å². The van der Waals surface area contributed by atoms with Crippen LogP contribution in [0, 0.1) is 0 Å². The summed E-state index contributed by atoms with van der Waals surface area (Å²) in [5, 5.41) is 6.21. The number of para-hydroxylation sites is 1. The van der Waals surface area contributed by atoms with Crippen LogP contribution in [0.3, 0.4) is 0 Å². The van der Waals surface area contributed by atoms with E-state index in [4.69, 9.17) is 16.3 Å². The fraction of sp³-hybridized carbons (Fsp3) is 0.0588. The molecule has 2 aromatic carbocycles. The molecule has 5 heteroatoms. The lowest BCUT2D eigenvalue weighted by Crippen LogP contribution is -2.04. The Labute approximate surface area is 132 Å². The molecule has 0 spiro atoms. The molecule has 0 radical (unpaired) electrons. The topological polar surface area (TPSA) is 39.9 Å². The first kappa shape index (κ1) is 13.1. The molecule has 0 unspecified atom stereocenters. The van der Waals surface area contributed by atoms with Gasteiger partial charge in [0.1, 0.15) is 16.6 Å². The fourth-order valence-electron chi connectivity index (χ4n) is 2.52. The van der Waals surface area contributed by atoms with Crippen molar-refractivity contribution in [3.8, 4) is 22.8 Å². The quantitative estimate of drug-likeness (QED) is 0.557. The van der Waals surface area contributed by atoms with Crippen molar-refractivity contribution in [1.82, 2.24) is 14.8 Å². The van der Waals surface area contributed by atoms with Gasteiger partial charge in [-0.2, -0.15) is 5.10 Å². The Morgan fingerprint density at radius 2 is 1.82 bits per heavy atom. The number of nitrogens with zero attached hydrogens (tertiary/aromatic N) is 3. The van der Waals surface area contributed by atoms with E-state index in [1.54, 1.807) is 11.8 Å². The number of rotatable bonds is 2. The van der Waals surface area contributed by atoms with Crippen LogP contribution in [0.5, 0.6) is 5.75 Å². The lowest BCUT2D eigenvalue weighted by Gasteiger charge is -2.11. The van der Waals surface area contributed by atoms with E-state index in [2.05, 4.69) is 10.1 Å². The SMILES string of the molecule is COc1ccc(-n2nc3c4ccccc4nc-3cc2Cl)cc1. The van der Waals surface area contributed by atoms with Gasteiger partial charge in [0, 0.05) is 11.5 Å². The number of hydrogen-bond acceptors (Lipinski definition) is 3. The molecule has 0 bridgehead atoms. The third-order valence-electron chi connectivity index (χ3n) is 3.62. The lowest BCUT2D eigenvalue weighted by molar-refractivity contribution is 0.414. The highest BCUT2D eigenvalue weighted by atomic mass is 35.5. The lowest BCUT2D eigenvalue weighted by atomic mass is 10.2. The molecule has 0 aliphatic carbocycles. The van der Waals surface area contributed by atoms with Gasteiger partial charge in [0.15, 0.2) is 0 Å². The molecule has 2 aliphatic rings. The molecule has 4 nitrogen and oxygen atoms in total. The number of hydrogen-bond donors (Lipinski definition) is 0. The van der Waals surface area contributed by atoms with E-state index in [1.165, 1.54) is 0 Å². The monoisotopic (exact) mass is 309 g/mol. The zero-order valence-corrected chi connectivity index (χ0v) is 12.6. The van der Waals surface area contributed by atoms with Crippen molar-refractivity contribution in [2.24, 2.45) is 0 Å². The average molecular weight is 310 g/mol. The number of ether oxygens (including phenoxy) is 1. The van der Waals surface area contributed by atoms with Crippen LogP contribution in [0.25, 0.3) is 28.0 Å². The minimum atomic E-state index is 0.514. The van der Waals surface area contributed by atoms with Crippen LogP contribution < -0.4 is 4.74 Å². The van der Waals surface area contributed by atoms with Crippen molar-refractivity contribution in [1.29, 1.82) is 0 Å². The maximum absolute atomic E-state index is 6.37. The van der Waals surface area contributed by atoms with Crippen molar-refractivity contribution in [3.63, 3.8) is 0 Å². The van der Waals surface area contributed by atoms with Crippen molar-refractivity contribution in [2.75, 3.05) is 7.11 Å². The van der Waals surface area contributed by atoms with Crippen LogP contribution >= 0.6 is 11.6 Å². The standard InChI is InChI=1S/C17H12ClN3O/c1-22-12-8-6-11(7-9-12)21-16(18)10-15-17(20-21)13-4-2-3-5-14(13)19-15/h2-10H,1H3. The normalized spacial score (nSPS) is 11.2. The predicted molar refractivity (Wildman–Crippen MR) is 87.0 cm³/mol. The molecule has 0 saturated carbocycles. The van der Waals surface area contributed by atoms with E-state index >= 15 is 0 Å². The van der Waals surface area contributed by atoms with E-state index in [1.807, 2.05) is 54.6 Å². The van der Waals surface area contributed by atoms with E-state index in [9.17, 15) is 0 Å². The van der Waals surface area contributed by atoms with Crippen LogP contribution in [0.1, 0.15) is 0 Å². The second kappa shape index (κ2) is 5.00. The van der Waals surface area contributed by atoms with Gasteiger partial charge in [-0.3, -0.25) is 0 Å². The summed E-state index contributed by atoms with van der Waals surface area (Å²) in [7, 11) is 1.64. The maximum Gasteiger partial charge on any atom is 0.133 e. The highest BCUT2D eigenvalue weighted by molar-refractivity contribution is 6.30. The molecule has 0 N–H and O–H groups in total. The van der Waals surface area contributed by atoms with E-state index in [-0.39, 0.29) is 0 Å². The second-order valence-corrected chi connectivity index (χ2v) is 5.33. The molecule has 0 aromatic heterocycles. The predicted octanol–water partition coefficient (Wildman–Crippen LogP) is 4.19. The number of methoxy groups -OCH3 is 1. The van der Waals surface area contributed by atoms with Crippen molar-refractivity contribution < 1.29 is 4.74 Å². The van der Waals surface area contributed by atoms with Crippen LogP contribution in [0.2, 0.25) is 5.15 Å². The van der Waals surface area contributed by atoms with E-state index in [0.29, 0.717) is 5.15 Å². The highest BCUT2D eigenvalue weighted by Crippen LogP contribution is 2.31. The van der Waals surface area contributed by atoms with E-state index in [0.717, 1.165) is 33.7 Å². The summed E-state index contributed by atoms with van der Waals surface area (Å²) in [4.78, 5) is 4.56. The largest absolute Gasteiger partial charge is 0.497 e. The maximum atomic E-state index is 6.37. The average Bonchev–Trinajstić information content (AvgIpc) is 2.91. The number of halogens is 1. The molecule has 22 heavy (non-hydrogen) atoms. The summed E-state index contributed by atoms with van der Waals surface area (Å²) < 4.78 is 6.88. The Morgan fingerprint density at radius 3 is 2.59 bits per heavy atom. The van der Waals surface area contributed by atoms with Gasteiger partial charge in [-0.05, 0) is 30.3 Å². The van der Waals surface area contributed by atoms with Crippen LogP contribution in [-0.4, -0.2) is 21.9 Å². The molecule has 0 fully saturated rings. The van der Waals surface area contributed by atoms with Gasteiger partial charge in [-0.1, -0.05) is 29.8 Å². The molecule has 4 rings (SSSR count). The zero-order chi connectivity index (χ0) is 15.1. The van der Waals surface area contributed by atoms with Gasteiger partial charge < -0.3 is 4.74 Å². The molecule has 108 valence electrons. The molecule has 2 aliphatic heterocycles. The molecule has 0 saturated heterocycles. The summed E-state index contributed by atoms with van der Waals surface area (Å²) in [6, 6.07) is 17.4. The third-order valence-corrected chi connectivity index (χ3v) is 3.89.